The maximum atomic E-state index is 12.5. The highest BCUT2D eigenvalue weighted by Gasteiger charge is 2.27. The number of hydrogen-bond donors (Lipinski definition) is 2. The van der Waals surface area contributed by atoms with Gasteiger partial charge in [0, 0.05) is 48.2 Å². The van der Waals surface area contributed by atoms with Crippen molar-refractivity contribution in [3.63, 3.8) is 0 Å². The second-order valence-corrected chi connectivity index (χ2v) is 10.9. The molecule has 3 aromatic rings. The lowest BCUT2D eigenvalue weighted by molar-refractivity contribution is -0.148. The van der Waals surface area contributed by atoms with Crippen LogP contribution in [-0.2, 0) is 22.4 Å². The Kier molecular flexibility index (Phi) is 8.76. The molecule has 0 unspecified atom stereocenters. The van der Waals surface area contributed by atoms with E-state index in [-0.39, 0.29) is 10.9 Å². The van der Waals surface area contributed by atoms with Gasteiger partial charge in [-0.25, -0.2) is 0 Å². The van der Waals surface area contributed by atoms with Gasteiger partial charge in [0.25, 0.3) is 0 Å². The standard InChI is InChI=1S/C30H34O8/c1-29(2,27(33)34)13-7-9-21-15-19(31)17-25(37-21)23-11-5-6-12-24(23)26-18-20(32)16-22(38-26)10-8-14-30(3,4)28(35)36/h5-6,11-12,15-18H,7-10,13-14H2,1-4H3,(H,33,34)(H,35,36). The van der Waals surface area contributed by atoms with Gasteiger partial charge in [0.1, 0.15) is 23.0 Å². The van der Waals surface area contributed by atoms with Crippen molar-refractivity contribution >= 4 is 11.9 Å². The van der Waals surface area contributed by atoms with Crippen molar-refractivity contribution in [1.29, 1.82) is 0 Å². The van der Waals surface area contributed by atoms with E-state index in [1.54, 1.807) is 52.0 Å². The molecule has 2 N–H and O–H groups in total. The van der Waals surface area contributed by atoms with E-state index in [2.05, 4.69) is 0 Å². The lowest BCUT2D eigenvalue weighted by Crippen LogP contribution is -2.23. The van der Waals surface area contributed by atoms with Gasteiger partial charge in [-0.15, -0.1) is 0 Å². The van der Waals surface area contributed by atoms with Crippen LogP contribution < -0.4 is 10.9 Å². The molecule has 2 heterocycles. The van der Waals surface area contributed by atoms with Crippen LogP contribution in [0.1, 0.15) is 64.9 Å². The number of carbonyl (C=O) groups is 2. The molecule has 0 aliphatic rings. The zero-order chi connectivity index (χ0) is 28.1. The predicted octanol–water partition coefficient (Wildman–Crippen LogP) is 5.79. The number of carboxylic acids is 2. The minimum absolute atomic E-state index is 0.246. The first-order valence-corrected chi connectivity index (χ1v) is 12.6. The molecule has 0 saturated heterocycles. The summed E-state index contributed by atoms with van der Waals surface area (Å²) in [5.74, 6) is -0.236. The first kappa shape index (κ1) is 28.6. The molecule has 202 valence electrons. The SMILES string of the molecule is CC(C)(CCCc1cc(=O)cc(-c2ccccc2-c2cc(=O)cc(CCCC(C)(C)C(=O)O)o2)o1)C(=O)O. The molecule has 8 nitrogen and oxygen atoms in total. The summed E-state index contributed by atoms with van der Waals surface area (Å²) in [6, 6.07) is 12.7. The molecule has 0 atom stereocenters. The Morgan fingerprint density at radius 3 is 1.39 bits per heavy atom. The number of aliphatic carboxylic acids is 2. The summed E-state index contributed by atoms with van der Waals surface area (Å²) in [5, 5.41) is 18.7. The third-order valence-electron chi connectivity index (χ3n) is 6.70. The van der Waals surface area contributed by atoms with Gasteiger partial charge in [0.15, 0.2) is 10.9 Å². The second-order valence-electron chi connectivity index (χ2n) is 10.9. The van der Waals surface area contributed by atoms with Crippen molar-refractivity contribution in [3.05, 3.63) is 80.5 Å². The highest BCUT2D eigenvalue weighted by molar-refractivity contribution is 5.78. The molecule has 0 bridgehead atoms. The topological polar surface area (TPSA) is 135 Å². The van der Waals surface area contributed by atoms with E-state index >= 15 is 0 Å². The van der Waals surface area contributed by atoms with Gasteiger partial charge in [-0.3, -0.25) is 19.2 Å². The van der Waals surface area contributed by atoms with Crippen LogP contribution in [0, 0.1) is 10.8 Å². The Labute approximate surface area is 220 Å². The van der Waals surface area contributed by atoms with Gasteiger partial charge < -0.3 is 19.0 Å². The first-order valence-electron chi connectivity index (χ1n) is 12.6. The highest BCUT2D eigenvalue weighted by atomic mass is 16.4. The zero-order valence-corrected chi connectivity index (χ0v) is 22.2. The van der Waals surface area contributed by atoms with Crippen LogP contribution in [0.25, 0.3) is 22.6 Å². The van der Waals surface area contributed by atoms with E-state index < -0.39 is 22.8 Å². The van der Waals surface area contributed by atoms with Crippen LogP contribution in [-0.4, -0.2) is 22.2 Å². The maximum absolute atomic E-state index is 12.5. The quantitative estimate of drug-likeness (QED) is 0.305. The molecule has 0 fully saturated rings. The Hall–Kier alpha value is -3.94. The molecule has 0 aliphatic heterocycles. The van der Waals surface area contributed by atoms with E-state index in [1.807, 2.05) is 0 Å². The molecule has 8 heteroatoms. The summed E-state index contributed by atoms with van der Waals surface area (Å²) < 4.78 is 12.1. The molecular weight excluding hydrogens is 488 g/mol. The van der Waals surface area contributed by atoms with E-state index in [0.29, 0.717) is 72.7 Å². The number of rotatable bonds is 12. The van der Waals surface area contributed by atoms with Crippen LogP contribution in [0.3, 0.4) is 0 Å². The Bertz CT molecular complexity index is 1320. The largest absolute Gasteiger partial charge is 0.481 e. The summed E-state index contributed by atoms with van der Waals surface area (Å²) in [5.41, 5.74) is -1.10. The monoisotopic (exact) mass is 522 g/mol. The summed E-state index contributed by atoms with van der Waals surface area (Å²) >= 11 is 0. The third-order valence-corrected chi connectivity index (χ3v) is 6.70. The van der Waals surface area contributed by atoms with Crippen molar-refractivity contribution in [2.75, 3.05) is 0 Å². The van der Waals surface area contributed by atoms with E-state index in [0.717, 1.165) is 0 Å². The minimum Gasteiger partial charge on any atom is -0.481 e. The number of benzene rings is 1. The van der Waals surface area contributed by atoms with E-state index in [9.17, 15) is 29.4 Å². The van der Waals surface area contributed by atoms with E-state index in [1.165, 1.54) is 24.3 Å². The molecule has 0 saturated carbocycles. The fourth-order valence-electron chi connectivity index (χ4n) is 4.11. The second kappa shape index (κ2) is 11.6. The van der Waals surface area contributed by atoms with Crippen LogP contribution in [0.2, 0.25) is 0 Å². The first-order chi connectivity index (χ1) is 17.8. The maximum Gasteiger partial charge on any atom is 0.309 e. The molecule has 0 aliphatic carbocycles. The van der Waals surface area contributed by atoms with Crippen molar-refractivity contribution in [1.82, 2.24) is 0 Å². The van der Waals surface area contributed by atoms with Gasteiger partial charge in [0.05, 0.1) is 10.8 Å². The molecule has 3 rings (SSSR count). The van der Waals surface area contributed by atoms with Crippen LogP contribution in [0.4, 0.5) is 0 Å². The summed E-state index contributed by atoms with van der Waals surface area (Å²) in [7, 11) is 0. The molecule has 1 aromatic carbocycles. The number of carboxylic acid groups (broad SMARTS) is 2. The minimum atomic E-state index is -0.879. The Morgan fingerprint density at radius 2 is 1.05 bits per heavy atom. The summed E-state index contributed by atoms with van der Waals surface area (Å²) in [6.07, 6.45) is 2.72. The smallest absolute Gasteiger partial charge is 0.309 e. The van der Waals surface area contributed by atoms with Crippen molar-refractivity contribution in [3.8, 4) is 22.6 Å². The molecule has 2 aromatic heterocycles. The highest BCUT2D eigenvalue weighted by Crippen LogP contribution is 2.33. The average molecular weight is 523 g/mol. The molecule has 0 amide bonds. The van der Waals surface area contributed by atoms with E-state index in [4.69, 9.17) is 8.83 Å². The molecule has 0 spiro atoms. The summed E-state index contributed by atoms with van der Waals surface area (Å²) in [6.45, 7) is 6.64. The van der Waals surface area contributed by atoms with Gasteiger partial charge in [-0.05, 0) is 53.4 Å². The summed E-state index contributed by atoms with van der Waals surface area (Å²) in [4.78, 5) is 47.7. The average Bonchev–Trinajstić information content (AvgIpc) is 2.83. The van der Waals surface area contributed by atoms with Crippen LogP contribution in [0.5, 0.6) is 0 Å². The van der Waals surface area contributed by atoms with Crippen LogP contribution >= 0.6 is 0 Å². The third kappa shape index (κ3) is 7.31. The normalized spacial score (nSPS) is 11.9. The van der Waals surface area contributed by atoms with Gasteiger partial charge >= 0.3 is 11.9 Å². The van der Waals surface area contributed by atoms with Gasteiger partial charge in [-0.2, -0.15) is 0 Å². The van der Waals surface area contributed by atoms with Crippen molar-refractivity contribution in [2.45, 2.75) is 66.2 Å². The lowest BCUT2D eigenvalue weighted by atomic mass is 9.87. The Balaban J connectivity index is 1.88. The molecular formula is C30H34O8. The molecule has 38 heavy (non-hydrogen) atoms. The van der Waals surface area contributed by atoms with Gasteiger partial charge in [0.2, 0.25) is 0 Å². The van der Waals surface area contributed by atoms with Crippen molar-refractivity contribution < 1.29 is 28.6 Å². The predicted molar refractivity (Wildman–Crippen MR) is 143 cm³/mol. The van der Waals surface area contributed by atoms with Crippen molar-refractivity contribution in [2.24, 2.45) is 10.8 Å². The fraction of sp³-hybridized carbons (Fsp3) is 0.400. The number of aryl methyl sites for hydroxylation is 2. The lowest BCUT2D eigenvalue weighted by Gasteiger charge is -2.18. The number of hydrogen-bond acceptors (Lipinski definition) is 6. The zero-order valence-electron chi connectivity index (χ0n) is 22.2. The molecule has 0 radical (unpaired) electrons. The van der Waals surface area contributed by atoms with Crippen LogP contribution in [0.15, 0.2) is 67.0 Å². The fourth-order valence-corrected chi connectivity index (χ4v) is 4.11. The Morgan fingerprint density at radius 1 is 0.684 bits per heavy atom. The van der Waals surface area contributed by atoms with Gasteiger partial charge in [-0.1, -0.05) is 24.3 Å².